The second kappa shape index (κ2) is 5.69. The Kier molecular flexibility index (Phi) is 4.00. The second-order valence-corrected chi connectivity index (χ2v) is 4.72. The number of hydrogen-bond donors (Lipinski definition) is 1. The molecule has 0 unspecified atom stereocenters. The maximum absolute atomic E-state index is 5.80. The molecule has 1 aromatic carbocycles. The highest BCUT2D eigenvalue weighted by Crippen LogP contribution is 2.25. The van der Waals surface area contributed by atoms with Crippen LogP contribution in [0.15, 0.2) is 30.3 Å². The summed E-state index contributed by atoms with van der Waals surface area (Å²) >= 11 is 0. The summed E-state index contributed by atoms with van der Waals surface area (Å²) < 4.78 is 5.80. The molecule has 0 spiro atoms. The Bertz CT molecular complexity index is 567. The summed E-state index contributed by atoms with van der Waals surface area (Å²) in [4.78, 5) is 8.52. The van der Waals surface area contributed by atoms with E-state index in [2.05, 4.69) is 35.2 Å². The molecular formula is C15H19N3O. The molecule has 100 valence electrons. The van der Waals surface area contributed by atoms with Gasteiger partial charge in [-0.25, -0.2) is 4.98 Å². The van der Waals surface area contributed by atoms with Crippen LogP contribution in [0.1, 0.15) is 31.2 Å². The second-order valence-electron chi connectivity index (χ2n) is 4.72. The van der Waals surface area contributed by atoms with Crippen LogP contribution >= 0.6 is 0 Å². The van der Waals surface area contributed by atoms with Gasteiger partial charge in [-0.3, -0.25) is 0 Å². The fourth-order valence-corrected chi connectivity index (χ4v) is 1.78. The maximum atomic E-state index is 5.80. The lowest BCUT2D eigenvalue weighted by molar-refractivity contribution is 0.459. The lowest BCUT2D eigenvalue weighted by Crippen LogP contribution is -1.99. The minimum absolute atomic E-state index is 0.476. The molecule has 0 aliphatic carbocycles. The summed E-state index contributed by atoms with van der Waals surface area (Å²) in [7, 11) is 1.82. The highest BCUT2D eigenvalue weighted by Gasteiger charge is 2.05. The number of nitrogens with one attached hydrogen (secondary N) is 1. The van der Waals surface area contributed by atoms with Crippen molar-refractivity contribution in [2.24, 2.45) is 0 Å². The average molecular weight is 257 g/mol. The molecule has 0 saturated heterocycles. The average Bonchev–Trinajstić information content (AvgIpc) is 2.38. The minimum Gasteiger partial charge on any atom is -0.439 e. The van der Waals surface area contributed by atoms with E-state index in [0.29, 0.717) is 17.6 Å². The van der Waals surface area contributed by atoms with E-state index in [1.165, 1.54) is 5.56 Å². The first-order valence-corrected chi connectivity index (χ1v) is 6.39. The van der Waals surface area contributed by atoms with E-state index in [0.717, 1.165) is 11.6 Å². The zero-order chi connectivity index (χ0) is 13.8. The van der Waals surface area contributed by atoms with Crippen LogP contribution in [0, 0.1) is 6.92 Å². The third-order valence-electron chi connectivity index (χ3n) is 2.82. The van der Waals surface area contributed by atoms with Crippen LogP contribution in [-0.2, 0) is 0 Å². The van der Waals surface area contributed by atoms with Crippen molar-refractivity contribution in [1.82, 2.24) is 9.97 Å². The lowest BCUT2D eigenvalue weighted by atomic mass is 10.0. The van der Waals surface area contributed by atoms with E-state index in [4.69, 9.17) is 4.74 Å². The van der Waals surface area contributed by atoms with Crippen LogP contribution < -0.4 is 10.1 Å². The van der Waals surface area contributed by atoms with Gasteiger partial charge < -0.3 is 10.1 Å². The molecule has 1 heterocycles. The monoisotopic (exact) mass is 257 g/mol. The van der Waals surface area contributed by atoms with E-state index in [1.807, 2.05) is 32.2 Å². The molecule has 0 radical (unpaired) electrons. The van der Waals surface area contributed by atoms with Gasteiger partial charge in [-0.1, -0.05) is 26.0 Å². The molecule has 0 saturated carbocycles. The molecule has 1 aromatic heterocycles. The summed E-state index contributed by atoms with van der Waals surface area (Å²) in [6.45, 7) is 6.17. The van der Waals surface area contributed by atoms with Crippen molar-refractivity contribution in [3.63, 3.8) is 0 Å². The molecule has 0 bridgehead atoms. The van der Waals surface area contributed by atoms with E-state index < -0.39 is 0 Å². The molecule has 0 aliphatic heterocycles. The third kappa shape index (κ3) is 3.44. The fourth-order valence-electron chi connectivity index (χ4n) is 1.78. The first-order valence-electron chi connectivity index (χ1n) is 6.39. The first-order chi connectivity index (χ1) is 9.08. The summed E-state index contributed by atoms with van der Waals surface area (Å²) in [6.07, 6.45) is 0. The topological polar surface area (TPSA) is 47.0 Å². The summed E-state index contributed by atoms with van der Waals surface area (Å²) in [5.41, 5.74) is 1.25. The van der Waals surface area contributed by atoms with Gasteiger partial charge in [-0.05, 0) is 30.5 Å². The summed E-state index contributed by atoms with van der Waals surface area (Å²) in [5, 5.41) is 2.99. The van der Waals surface area contributed by atoms with E-state index >= 15 is 0 Å². The van der Waals surface area contributed by atoms with Crippen molar-refractivity contribution in [3.05, 3.63) is 41.7 Å². The predicted octanol–water partition coefficient (Wildman–Crippen LogP) is 3.74. The van der Waals surface area contributed by atoms with Crippen molar-refractivity contribution in [2.45, 2.75) is 26.7 Å². The molecule has 2 rings (SSSR count). The van der Waals surface area contributed by atoms with Gasteiger partial charge in [0.2, 0.25) is 5.88 Å². The molecule has 19 heavy (non-hydrogen) atoms. The molecule has 2 aromatic rings. The minimum atomic E-state index is 0.476. The Hall–Kier alpha value is -2.10. The zero-order valence-electron chi connectivity index (χ0n) is 11.8. The van der Waals surface area contributed by atoms with Crippen LogP contribution in [0.3, 0.4) is 0 Å². The third-order valence-corrected chi connectivity index (χ3v) is 2.82. The maximum Gasteiger partial charge on any atom is 0.224 e. The Balaban J connectivity index is 2.25. The van der Waals surface area contributed by atoms with E-state index in [9.17, 15) is 0 Å². The highest BCUT2D eigenvalue weighted by molar-refractivity contribution is 5.40. The molecule has 1 N–H and O–H groups in total. The number of ether oxygens (including phenoxy) is 1. The standard InChI is InChI=1S/C15H19N3O/c1-10(2)12-6-5-7-13(8-12)19-15-9-14(16-4)17-11(3)18-15/h5-10H,1-4H3,(H,16,17,18). The van der Waals surface area contributed by atoms with Gasteiger partial charge in [-0.15, -0.1) is 0 Å². The lowest BCUT2D eigenvalue weighted by Gasteiger charge is -2.10. The van der Waals surface area contributed by atoms with Crippen LogP contribution in [-0.4, -0.2) is 17.0 Å². The van der Waals surface area contributed by atoms with Crippen LogP contribution in [0.4, 0.5) is 5.82 Å². The van der Waals surface area contributed by atoms with Crippen LogP contribution in [0.5, 0.6) is 11.6 Å². The molecule has 0 atom stereocenters. The molecule has 4 nitrogen and oxygen atoms in total. The molecule has 0 aliphatic rings. The summed E-state index contributed by atoms with van der Waals surface area (Å²) in [6, 6.07) is 9.86. The van der Waals surface area contributed by atoms with Gasteiger partial charge in [0.1, 0.15) is 17.4 Å². The number of hydrogen-bond acceptors (Lipinski definition) is 4. The van der Waals surface area contributed by atoms with Crippen molar-refractivity contribution in [3.8, 4) is 11.6 Å². The fraction of sp³-hybridized carbons (Fsp3) is 0.333. The normalized spacial score (nSPS) is 10.6. The highest BCUT2D eigenvalue weighted by atomic mass is 16.5. The van der Waals surface area contributed by atoms with Gasteiger partial charge in [0.05, 0.1) is 0 Å². The summed E-state index contributed by atoms with van der Waals surface area (Å²) in [5.74, 6) is 3.26. The van der Waals surface area contributed by atoms with Gasteiger partial charge in [0.15, 0.2) is 0 Å². The van der Waals surface area contributed by atoms with Crippen LogP contribution in [0.2, 0.25) is 0 Å². The molecule has 4 heteroatoms. The van der Waals surface area contributed by atoms with Gasteiger partial charge >= 0.3 is 0 Å². The molecule has 0 amide bonds. The van der Waals surface area contributed by atoms with E-state index in [1.54, 1.807) is 6.07 Å². The SMILES string of the molecule is CNc1cc(Oc2cccc(C(C)C)c2)nc(C)n1. The number of anilines is 1. The zero-order valence-corrected chi connectivity index (χ0v) is 11.8. The van der Waals surface area contributed by atoms with Crippen molar-refractivity contribution in [2.75, 3.05) is 12.4 Å². The number of aromatic nitrogens is 2. The smallest absolute Gasteiger partial charge is 0.224 e. The van der Waals surface area contributed by atoms with Gasteiger partial charge in [0.25, 0.3) is 0 Å². The Morgan fingerprint density at radius 3 is 2.63 bits per heavy atom. The largest absolute Gasteiger partial charge is 0.439 e. The molecular weight excluding hydrogens is 238 g/mol. The number of benzene rings is 1. The number of rotatable bonds is 4. The number of aryl methyl sites for hydroxylation is 1. The Morgan fingerprint density at radius 2 is 1.95 bits per heavy atom. The van der Waals surface area contributed by atoms with Crippen molar-refractivity contribution < 1.29 is 4.74 Å². The Labute approximate surface area is 113 Å². The predicted molar refractivity (Wildman–Crippen MR) is 76.9 cm³/mol. The van der Waals surface area contributed by atoms with Crippen molar-refractivity contribution in [1.29, 1.82) is 0 Å². The van der Waals surface area contributed by atoms with Crippen molar-refractivity contribution >= 4 is 5.82 Å². The quantitative estimate of drug-likeness (QED) is 0.906. The molecule has 0 fully saturated rings. The van der Waals surface area contributed by atoms with Gasteiger partial charge in [0, 0.05) is 13.1 Å². The van der Waals surface area contributed by atoms with E-state index in [-0.39, 0.29) is 0 Å². The van der Waals surface area contributed by atoms with Crippen LogP contribution in [0.25, 0.3) is 0 Å². The Morgan fingerprint density at radius 1 is 1.16 bits per heavy atom. The first kappa shape index (κ1) is 13.3. The van der Waals surface area contributed by atoms with Gasteiger partial charge in [-0.2, -0.15) is 4.98 Å². The number of nitrogens with zero attached hydrogens (tertiary/aromatic N) is 2.